The topological polar surface area (TPSA) is 97.1 Å². The van der Waals surface area contributed by atoms with Gasteiger partial charge in [0.25, 0.3) is 5.56 Å². The summed E-state index contributed by atoms with van der Waals surface area (Å²) in [6.07, 6.45) is 0. The maximum Gasteiger partial charge on any atom is 0.332 e. The van der Waals surface area contributed by atoms with Crippen LogP contribution in [0.1, 0.15) is 16.1 Å². The van der Waals surface area contributed by atoms with Crippen molar-refractivity contribution in [2.45, 2.75) is 0 Å². The number of aromatic hydroxyl groups is 1. The number of phenolic OH excluding ortho intramolecular Hbond substituents is 1. The molecule has 2 aromatic heterocycles. The number of aromatic amines is 1. The first-order chi connectivity index (χ1) is 13.8. The molecule has 29 heavy (non-hydrogen) atoms. The van der Waals surface area contributed by atoms with Gasteiger partial charge in [-0.1, -0.05) is 46.3 Å². The number of halogens is 1. The SMILES string of the molecule is Cn1c(=O)c2c(-c3ccccc3)c(C(=O)c3cc(Br)ccc3O)[nH]c2n(C)c1=O. The van der Waals surface area contributed by atoms with Crippen LogP contribution in [0.4, 0.5) is 0 Å². The van der Waals surface area contributed by atoms with E-state index in [2.05, 4.69) is 20.9 Å². The summed E-state index contributed by atoms with van der Waals surface area (Å²) in [6, 6.07) is 13.5. The summed E-state index contributed by atoms with van der Waals surface area (Å²) < 4.78 is 2.92. The summed E-state index contributed by atoms with van der Waals surface area (Å²) >= 11 is 3.31. The Kier molecular flexibility index (Phi) is 4.50. The van der Waals surface area contributed by atoms with Gasteiger partial charge in [-0.15, -0.1) is 0 Å². The van der Waals surface area contributed by atoms with Crippen molar-refractivity contribution in [3.8, 4) is 16.9 Å². The summed E-state index contributed by atoms with van der Waals surface area (Å²) in [7, 11) is 2.92. The summed E-state index contributed by atoms with van der Waals surface area (Å²) in [5.41, 5.74) is 0.467. The molecule has 8 heteroatoms. The Hall–Kier alpha value is -3.39. The molecule has 0 saturated heterocycles. The van der Waals surface area contributed by atoms with E-state index in [-0.39, 0.29) is 28.0 Å². The van der Waals surface area contributed by atoms with Crippen LogP contribution in [0.25, 0.3) is 22.2 Å². The lowest BCUT2D eigenvalue weighted by Crippen LogP contribution is -2.36. The molecule has 0 atom stereocenters. The Bertz CT molecular complexity index is 1400. The quantitative estimate of drug-likeness (QED) is 0.466. The number of hydrogen-bond acceptors (Lipinski definition) is 4. The van der Waals surface area contributed by atoms with Crippen molar-refractivity contribution in [2.75, 3.05) is 0 Å². The maximum absolute atomic E-state index is 13.4. The lowest BCUT2D eigenvalue weighted by Gasteiger charge is -2.07. The first kappa shape index (κ1) is 18.9. The van der Waals surface area contributed by atoms with Crippen LogP contribution in [-0.2, 0) is 14.1 Å². The van der Waals surface area contributed by atoms with Crippen LogP contribution >= 0.6 is 15.9 Å². The zero-order valence-electron chi connectivity index (χ0n) is 15.6. The fraction of sp³-hybridized carbons (Fsp3) is 0.0952. The molecule has 0 aliphatic carbocycles. The summed E-state index contributed by atoms with van der Waals surface area (Å²) in [5, 5.41) is 10.5. The van der Waals surface area contributed by atoms with E-state index in [0.717, 1.165) is 4.57 Å². The van der Waals surface area contributed by atoms with Crippen molar-refractivity contribution in [3.63, 3.8) is 0 Å². The van der Waals surface area contributed by atoms with Crippen molar-refractivity contribution in [1.82, 2.24) is 14.1 Å². The number of aromatic nitrogens is 3. The summed E-state index contributed by atoms with van der Waals surface area (Å²) in [4.78, 5) is 41.6. The molecule has 4 aromatic rings. The molecule has 2 N–H and O–H groups in total. The van der Waals surface area contributed by atoms with Gasteiger partial charge in [0.1, 0.15) is 11.4 Å². The van der Waals surface area contributed by atoms with Crippen LogP contribution in [0, 0.1) is 0 Å². The van der Waals surface area contributed by atoms with Crippen LogP contribution < -0.4 is 11.2 Å². The molecule has 0 unspecified atom stereocenters. The summed E-state index contributed by atoms with van der Waals surface area (Å²) in [6.45, 7) is 0. The van der Waals surface area contributed by atoms with Gasteiger partial charge in [0.05, 0.1) is 16.6 Å². The van der Waals surface area contributed by atoms with Gasteiger partial charge in [-0.05, 0) is 23.8 Å². The lowest BCUT2D eigenvalue weighted by atomic mass is 9.98. The Labute approximate surface area is 173 Å². The Balaban J connectivity index is 2.15. The monoisotopic (exact) mass is 453 g/mol. The Morgan fingerprint density at radius 3 is 2.41 bits per heavy atom. The summed E-state index contributed by atoms with van der Waals surface area (Å²) in [5.74, 6) is -0.675. The van der Waals surface area contributed by atoms with E-state index in [9.17, 15) is 19.5 Å². The fourth-order valence-corrected chi connectivity index (χ4v) is 3.77. The molecule has 0 spiro atoms. The van der Waals surface area contributed by atoms with E-state index in [1.807, 2.05) is 6.07 Å². The molecule has 4 rings (SSSR count). The third kappa shape index (κ3) is 2.92. The van der Waals surface area contributed by atoms with E-state index in [4.69, 9.17) is 0 Å². The molecule has 2 heterocycles. The highest BCUT2D eigenvalue weighted by Gasteiger charge is 2.26. The van der Waals surface area contributed by atoms with Crippen LogP contribution in [-0.4, -0.2) is 25.0 Å². The maximum atomic E-state index is 13.4. The number of carbonyl (C=O) groups is 1. The van der Waals surface area contributed by atoms with E-state index in [0.29, 0.717) is 15.6 Å². The highest BCUT2D eigenvalue weighted by molar-refractivity contribution is 9.10. The van der Waals surface area contributed by atoms with Gasteiger partial charge < -0.3 is 10.1 Å². The van der Waals surface area contributed by atoms with Gasteiger partial charge in [0, 0.05) is 24.1 Å². The minimum atomic E-state index is -0.507. The number of H-pyrrole nitrogens is 1. The normalized spacial score (nSPS) is 11.1. The van der Waals surface area contributed by atoms with Crippen molar-refractivity contribution in [1.29, 1.82) is 0 Å². The lowest BCUT2D eigenvalue weighted by molar-refractivity contribution is 0.103. The molecule has 0 amide bonds. The second-order valence-electron chi connectivity index (χ2n) is 6.66. The first-order valence-corrected chi connectivity index (χ1v) is 9.51. The Morgan fingerprint density at radius 1 is 1.03 bits per heavy atom. The molecule has 0 aliphatic heterocycles. The number of carbonyl (C=O) groups excluding carboxylic acids is 1. The number of fused-ring (bicyclic) bond motifs is 1. The molecule has 2 aromatic carbocycles. The van der Waals surface area contributed by atoms with Crippen LogP contribution in [0.15, 0.2) is 62.6 Å². The van der Waals surface area contributed by atoms with Crippen LogP contribution in [0.5, 0.6) is 5.75 Å². The van der Waals surface area contributed by atoms with Gasteiger partial charge in [0.15, 0.2) is 0 Å². The number of aryl methyl sites for hydroxylation is 1. The molecule has 0 radical (unpaired) electrons. The molecule has 146 valence electrons. The van der Waals surface area contributed by atoms with Gasteiger partial charge in [-0.3, -0.25) is 18.7 Å². The van der Waals surface area contributed by atoms with Gasteiger partial charge in [0.2, 0.25) is 5.78 Å². The smallest absolute Gasteiger partial charge is 0.332 e. The molecule has 0 aliphatic rings. The average Bonchev–Trinajstić information content (AvgIpc) is 3.13. The largest absolute Gasteiger partial charge is 0.507 e. The average molecular weight is 454 g/mol. The molecule has 0 fully saturated rings. The second-order valence-corrected chi connectivity index (χ2v) is 7.58. The zero-order valence-corrected chi connectivity index (χ0v) is 17.1. The van der Waals surface area contributed by atoms with Gasteiger partial charge >= 0.3 is 5.69 Å². The highest BCUT2D eigenvalue weighted by Crippen LogP contribution is 2.33. The van der Waals surface area contributed by atoms with Crippen molar-refractivity contribution < 1.29 is 9.90 Å². The second kappa shape index (κ2) is 6.89. The van der Waals surface area contributed by atoms with E-state index in [1.54, 1.807) is 30.3 Å². The number of hydrogen-bond donors (Lipinski definition) is 2. The van der Waals surface area contributed by atoms with Gasteiger partial charge in [-0.2, -0.15) is 0 Å². The predicted octanol–water partition coefficient (Wildman–Crippen LogP) is 2.93. The van der Waals surface area contributed by atoms with E-state index >= 15 is 0 Å². The number of benzene rings is 2. The number of ketones is 1. The van der Waals surface area contributed by atoms with Gasteiger partial charge in [-0.25, -0.2) is 4.79 Å². The van der Waals surface area contributed by atoms with Crippen LogP contribution in [0.2, 0.25) is 0 Å². The van der Waals surface area contributed by atoms with Crippen LogP contribution in [0.3, 0.4) is 0 Å². The van der Waals surface area contributed by atoms with E-state index < -0.39 is 17.0 Å². The van der Waals surface area contributed by atoms with Crippen molar-refractivity contribution >= 4 is 32.7 Å². The number of rotatable bonds is 3. The molecular formula is C21H16BrN3O4. The predicted molar refractivity (Wildman–Crippen MR) is 113 cm³/mol. The first-order valence-electron chi connectivity index (χ1n) is 8.71. The minimum Gasteiger partial charge on any atom is -0.507 e. The minimum absolute atomic E-state index is 0.0740. The van der Waals surface area contributed by atoms with Crippen molar-refractivity contribution in [3.05, 3.63) is 85.1 Å². The zero-order chi connectivity index (χ0) is 20.9. The third-order valence-corrected chi connectivity index (χ3v) is 5.39. The molecular weight excluding hydrogens is 438 g/mol. The Morgan fingerprint density at radius 2 is 1.72 bits per heavy atom. The standard InChI is InChI=1S/C21H16BrN3O4/c1-24-19-16(20(28)25(2)21(24)29)15(11-6-4-3-5-7-11)17(23-19)18(27)13-10-12(22)8-9-14(13)26/h3-10,23,26H,1-2H3. The molecule has 7 nitrogen and oxygen atoms in total. The number of phenols is 1. The fourth-order valence-electron chi connectivity index (χ4n) is 3.41. The van der Waals surface area contributed by atoms with Crippen molar-refractivity contribution in [2.24, 2.45) is 14.1 Å². The highest BCUT2D eigenvalue weighted by atomic mass is 79.9. The number of nitrogens with one attached hydrogen (secondary N) is 1. The molecule has 0 saturated carbocycles. The van der Waals surface area contributed by atoms with E-state index in [1.165, 1.54) is 30.8 Å². The number of nitrogens with zero attached hydrogens (tertiary/aromatic N) is 2. The third-order valence-electron chi connectivity index (χ3n) is 4.90. The molecule has 0 bridgehead atoms.